The summed E-state index contributed by atoms with van der Waals surface area (Å²) in [6.07, 6.45) is 4.19. The summed E-state index contributed by atoms with van der Waals surface area (Å²) >= 11 is 0. The van der Waals surface area contributed by atoms with Gasteiger partial charge in [0.15, 0.2) is 11.5 Å². The molecule has 0 amide bonds. The molecule has 1 aromatic carbocycles. The van der Waals surface area contributed by atoms with E-state index in [0.717, 1.165) is 42.3 Å². The highest BCUT2D eigenvalue weighted by Gasteiger charge is 2.31. The first-order valence-electron chi connectivity index (χ1n) is 9.47. The standard InChI is InChI=1S/C21H24N2O4/c1-2-14-3-5-17(22-12-14)20(23-9-7-15(8-10-23)21(24)25)16-4-6-18-19(11-16)27-13-26-18/h3-6,11-12,15,20H,2,7-10,13H2,1H3,(H,24,25). The van der Waals surface area contributed by atoms with Crippen LogP contribution in [0.5, 0.6) is 11.5 Å². The molecule has 0 spiro atoms. The van der Waals surface area contributed by atoms with Gasteiger partial charge in [0, 0.05) is 6.20 Å². The lowest BCUT2D eigenvalue weighted by Gasteiger charge is -2.36. The Hall–Kier alpha value is -2.60. The van der Waals surface area contributed by atoms with Gasteiger partial charge in [0.25, 0.3) is 0 Å². The summed E-state index contributed by atoms with van der Waals surface area (Å²) in [7, 11) is 0. The Morgan fingerprint density at radius 3 is 2.67 bits per heavy atom. The van der Waals surface area contributed by atoms with Gasteiger partial charge in [-0.3, -0.25) is 14.7 Å². The summed E-state index contributed by atoms with van der Waals surface area (Å²) in [5, 5.41) is 9.30. The van der Waals surface area contributed by atoms with E-state index in [4.69, 9.17) is 14.5 Å². The fourth-order valence-corrected chi connectivity index (χ4v) is 3.86. The van der Waals surface area contributed by atoms with E-state index in [9.17, 15) is 9.90 Å². The van der Waals surface area contributed by atoms with E-state index in [1.165, 1.54) is 5.56 Å². The number of aromatic nitrogens is 1. The number of aryl methyl sites for hydroxylation is 1. The summed E-state index contributed by atoms with van der Waals surface area (Å²) in [5.74, 6) is 0.563. The van der Waals surface area contributed by atoms with E-state index >= 15 is 0 Å². The fourth-order valence-electron chi connectivity index (χ4n) is 3.86. The van der Waals surface area contributed by atoms with Gasteiger partial charge in [0.05, 0.1) is 17.7 Å². The topological polar surface area (TPSA) is 71.9 Å². The molecule has 1 aromatic heterocycles. The van der Waals surface area contributed by atoms with Gasteiger partial charge >= 0.3 is 5.97 Å². The van der Waals surface area contributed by atoms with Crippen LogP contribution in [-0.4, -0.2) is 40.8 Å². The lowest BCUT2D eigenvalue weighted by atomic mass is 9.92. The molecule has 2 aromatic rings. The first-order chi connectivity index (χ1) is 13.2. The van der Waals surface area contributed by atoms with Gasteiger partial charge in [-0.15, -0.1) is 0 Å². The lowest BCUT2D eigenvalue weighted by molar-refractivity contribution is -0.143. The van der Waals surface area contributed by atoms with Crippen LogP contribution in [0.25, 0.3) is 0 Å². The number of benzene rings is 1. The minimum Gasteiger partial charge on any atom is -0.481 e. The van der Waals surface area contributed by atoms with E-state index < -0.39 is 5.97 Å². The molecule has 1 saturated heterocycles. The number of ether oxygens (including phenoxy) is 2. The van der Waals surface area contributed by atoms with Gasteiger partial charge in [-0.25, -0.2) is 0 Å². The van der Waals surface area contributed by atoms with E-state index in [2.05, 4.69) is 30.0 Å². The van der Waals surface area contributed by atoms with Crippen molar-refractivity contribution in [3.8, 4) is 11.5 Å². The molecule has 1 N–H and O–H groups in total. The Bertz CT molecular complexity index is 813. The van der Waals surface area contributed by atoms with Crippen molar-refractivity contribution in [1.29, 1.82) is 0 Å². The number of hydrogen-bond donors (Lipinski definition) is 1. The smallest absolute Gasteiger partial charge is 0.306 e. The van der Waals surface area contributed by atoms with Gasteiger partial charge in [0.2, 0.25) is 6.79 Å². The van der Waals surface area contributed by atoms with E-state index in [0.29, 0.717) is 12.8 Å². The first kappa shape index (κ1) is 17.8. The second kappa shape index (κ2) is 7.56. The molecule has 4 rings (SSSR count). The molecule has 1 unspecified atom stereocenters. The Balaban J connectivity index is 1.66. The molecule has 0 saturated carbocycles. The van der Waals surface area contributed by atoms with Crippen LogP contribution in [-0.2, 0) is 11.2 Å². The van der Waals surface area contributed by atoms with Crippen LogP contribution in [0.3, 0.4) is 0 Å². The fraction of sp³-hybridized carbons (Fsp3) is 0.429. The van der Waals surface area contributed by atoms with Gasteiger partial charge in [-0.1, -0.05) is 19.1 Å². The maximum absolute atomic E-state index is 11.3. The molecule has 27 heavy (non-hydrogen) atoms. The van der Waals surface area contributed by atoms with Crippen molar-refractivity contribution in [1.82, 2.24) is 9.88 Å². The van der Waals surface area contributed by atoms with Crippen molar-refractivity contribution in [2.75, 3.05) is 19.9 Å². The summed E-state index contributed by atoms with van der Waals surface area (Å²) in [6.45, 7) is 3.82. The number of nitrogens with zero attached hydrogens (tertiary/aromatic N) is 2. The zero-order chi connectivity index (χ0) is 18.8. The molecule has 2 aliphatic rings. The lowest BCUT2D eigenvalue weighted by Crippen LogP contribution is -2.39. The minimum atomic E-state index is -0.695. The number of carbonyl (C=O) groups is 1. The van der Waals surface area contributed by atoms with Crippen molar-refractivity contribution in [3.05, 3.63) is 53.3 Å². The van der Waals surface area contributed by atoms with Crippen LogP contribution >= 0.6 is 0 Å². The highest BCUT2D eigenvalue weighted by Crippen LogP contribution is 2.38. The van der Waals surface area contributed by atoms with Crippen LogP contribution in [0.15, 0.2) is 36.5 Å². The van der Waals surface area contributed by atoms with Crippen molar-refractivity contribution in [2.45, 2.75) is 32.2 Å². The van der Waals surface area contributed by atoms with Gasteiger partial charge in [0.1, 0.15) is 0 Å². The van der Waals surface area contributed by atoms with E-state index in [-0.39, 0.29) is 18.8 Å². The Labute approximate surface area is 158 Å². The van der Waals surface area contributed by atoms with Crippen molar-refractivity contribution < 1.29 is 19.4 Å². The van der Waals surface area contributed by atoms with Crippen LogP contribution in [0.4, 0.5) is 0 Å². The molecule has 0 aliphatic carbocycles. The number of likely N-dealkylation sites (tertiary alicyclic amines) is 1. The van der Waals surface area contributed by atoms with Crippen molar-refractivity contribution in [2.24, 2.45) is 5.92 Å². The summed E-state index contributed by atoms with van der Waals surface area (Å²) in [5.41, 5.74) is 3.26. The number of aliphatic carboxylic acids is 1. The van der Waals surface area contributed by atoms with Crippen LogP contribution in [0.2, 0.25) is 0 Å². The number of hydrogen-bond acceptors (Lipinski definition) is 5. The molecular weight excluding hydrogens is 344 g/mol. The molecule has 142 valence electrons. The normalized spacial score (nSPS) is 18.4. The van der Waals surface area contributed by atoms with Gasteiger partial charge < -0.3 is 14.6 Å². The monoisotopic (exact) mass is 368 g/mol. The summed E-state index contributed by atoms with van der Waals surface area (Å²) in [4.78, 5) is 18.4. The largest absolute Gasteiger partial charge is 0.481 e. The summed E-state index contributed by atoms with van der Waals surface area (Å²) in [6, 6.07) is 10.2. The van der Waals surface area contributed by atoms with E-state index in [1.807, 2.05) is 18.3 Å². The highest BCUT2D eigenvalue weighted by molar-refractivity contribution is 5.70. The SMILES string of the molecule is CCc1ccc(C(c2ccc3c(c2)OCO3)N2CCC(C(=O)O)CC2)nc1. The summed E-state index contributed by atoms with van der Waals surface area (Å²) < 4.78 is 11.0. The third-order valence-corrected chi connectivity index (χ3v) is 5.49. The quantitative estimate of drug-likeness (QED) is 0.873. The zero-order valence-corrected chi connectivity index (χ0v) is 15.4. The molecule has 6 heteroatoms. The van der Waals surface area contributed by atoms with Gasteiger partial charge in [-0.2, -0.15) is 0 Å². The Kier molecular flexibility index (Phi) is 4.99. The van der Waals surface area contributed by atoms with Crippen molar-refractivity contribution in [3.63, 3.8) is 0 Å². The number of carboxylic acids is 1. The average molecular weight is 368 g/mol. The third kappa shape index (κ3) is 3.62. The molecule has 6 nitrogen and oxygen atoms in total. The molecule has 0 bridgehead atoms. The molecule has 1 atom stereocenters. The number of rotatable bonds is 5. The molecule has 3 heterocycles. The maximum atomic E-state index is 11.3. The number of carboxylic acid groups (broad SMARTS) is 1. The second-order valence-corrected chi connectivity index (χ2v) is 7.11. The van der Waals surface area contributed by atoms with Crippen LogP contribution < -0.4 is 9.47 Å². The van der Waals surface area contributed by atoms with Crippen molar-refractivity contribution >= 4 is 5.97 Å². The maximum Gasteiger partial charge on any atom is 0.306 e. The predicted octanol–water partition coefficient (Wildman–Crippen LogP) is 3.26. The highest BCUT2D eigenvalue weighted by atomic mass is 16.7. The first-order valence-corrected chi connectivity index (χ1v) is 9.47. The predicted molar refractivity (Wildman–Crippen MR) is 100.0 cm³/mol. The van der Waals surface area contributed by atoms with Crippen LogP contribution in [0.1, 0.15) is 42.6 Å². The number of pyridine rings is 1. The second-order valence-electron chi connectivity index (χ2n) is 7.11. The van der Waals surface area contributed by atoms with E-state index in [1.54, 1.807) is 0 Å². The van der Waals surface area contributed by atoms with Crippen LogP contribution in [0, 0.1) is 5.92 Å². The third-order valence-electron chi connectivity index (χ3n) is 5.49. The zero-order valence-electron chi connectivity index (χ0n) is 15.4. The molecule has 2 aliphatic heterocycles. The molecule has 1 fully saturated rings. The molecular formula is C21H24N2O4. The number of fused-ring (bicyclic) bond motifs is 1. The Morgan fingerprint density at radius 2 is 2.00 bits per heavy atom. The average Bonchev–Trinajstić information content (AvgIpc) is 3.17. The molecule has 0 radical (unpaired) electrons. The minimum absolute atomic E-state index is 0.0276. The Morgan fingerprint density at radius 1 is 1.22 bits per heavy atom. The number of piperidine rings is 1. The van der Waals surface area contributed by atoms with Gasteiger partial charge in [-0.05, 0) is 61.7 Å².